The van der Waals surface area contributed by atoms with Gasteiger partial charge >= 0.3 is 0 Å². The van der Waals surface area contributed by atoms with Crippen LogP contribution < -0.4 is 22.3 Å². The summed E-state index contributed by atoms with van der Waals surface area (Å²) in [5.74, 6) is 0.160. The van der Waals surface area contributed by atoms with Crippen molar-refractivity contribution in [2.24, 2.45) is 21.9 Å². The van der Waals surface area contributed by atoms with E-state index in [4.69, 9.17) is 11.5 Å². The number of benzene rings is 2. The molecule has 0 aliphatic rings. The minimum absolute atomic E-state index is 0.0912. The van der Waals surface area contributed by atoms with Crippen molar-refractivity contribution < 1.29 is 4.79 Å². The molecule has 0 aromatic heterocycles. The van der Waals surface area contributed by atoms with Crippen molar-refractivity contribution in [3.05, 3.63) is 59.7 Å². The number of carbonyl (C=O) groups is 1. The lowest BCUT2D eigenvalue weighted by molar-refractivity contribution is -0.119. The molecule has 26 heavy (non-hydrogen) atoms. The van der Waals surface area contributed by atoms with Gasteiger partial charge in [0.25, 0.3) is 0 Å². The monoisotopic (exact) mass is 353 g/mol. The van der Waals surface area contributed by atoms with E-state index in [-0.39, 0.29) is 11.6 Å². The number of anilines is 1. The summed E-state index contributed by atoms with van der Waals surface area (Å²) in [7, 11) is 0. The smallest absolute Gasteiger partial charge is 0.204 e. The van der Waals surface area contributed by atoms with Gasteiger partial charge in [0.05, 0.1) is 11.4 Å². The molecule has 0 aliphatic carbocycles. The Bertz CT molecular complexity index is 758. The number of carbonyl (C=O) groups excluding carboxylic acids is 1. The van der Waals surface area contributed by atoms with Crippen LogP contribution in [0, 0.1) is 5.41 Å². The van der Waals surface area contributed by atoms with Gasteiger partial charge in [-0.25, -0.2) is 4.99 Å². The van der Waals surface area contributed by atoms with E-state index in [1.54, 1.807) is 0 Å². The van der Waals surface area contributed by atoms with Crippen molar-refractivity contribution in [2.75, 3.05) is 5.43 Å². The van der Waals surface area contributed by atoms with Crippen LogP contribution in [-0.2, 0) is 17.9 Å². The standard InChI is InChI=1S/C20H27N5O/c1-20(2,3)18(26)19(23-16-8-4-14(12-21)5-9-16)25-24-17-10-6-15(13-22)7-11-17/h4-11,24H,12-13,21-22H2,1-3H3,(H,23,25). The summed E-state index contributed by atoms with van der Waals surface area (Å²) in [5, 5.41) is 0. The highest BCUT2D eigenvalue weighted by atomic mass is 16.1. The molecule has 0 unspecified atom stereocenters. The summed E-state index contributed by atoms with van der Waals surface area (Å²) in [6, 6.07) is 15.1. The van der Waals surface area contributed by atoms with E-state index in [9.17, 15) is 4.79 Å². The van der Waals surface area contributed by atoms with Crippen molar-refractivity contribution in [2.45, 2.75) is 33.9 Å². The molecule has 6 N–H and O–H groups in total. The van der Waals surface area contributed by atoms with Gasteiger partial charge in [-0.2, -0.15) is 0 Å². The highest BCUT2D eigenvalue weighted by molar-refractivity contribution is 6.41. The lowest BCUT2D eigenvalue weighted by Gasteiger charge is -2.20. The fraction of sp³-hybridized carbons (Fsp3) is 0.300. The molecule has 2 rings (SSSR count). The van der Waals surface area contributed by atoms with Crippen LogP contribution in [0.5, 0.6) is 0 Å². The molecule has 0 heterocycles. The van der Waals surface area contributed by atoms with Crippen LogP contribution >= 0.6 is 0 Å². The van der Waals surface area contributed by atoms with E-state index in [2.05, 4.69) is 15.8 Å². The quantitative estimate of drug-likeness (QED) is 0.363. The summed E-state index contributed by atoms with van der Waals surface area (Å²) in [4.78, 5) is 17.2. The van der Waals surface area contributed by atoms with E-state index in [0.29, 0.717) is 18.8 Å². The van der Waals surface area contributed by atoms with Crippen molar-refractivity contribution in [3.8, 4) is 0 Å². The van der Waals surface area contributed by atoms with Crippen molar-refractivity contribution in [1.29, 1.82) is 0 Å². The molecule has 2 aromatic carbocycles. The number of aliphatic imine (C=N–C) groups is 1. The molecule has 0 saturated carbocycles. The average molecular weight is 353 g/mol. The van der Waals surface area contributed by atoms with Gasteiger partial charge in [0, 0.05) is 18.5 Å². The van der Waals surface area contributed by atoms with Crippen molar-refractivity contribution >= 4 is 23.0 Å². The third-order valence-corrected chi connectivity index (χ3v) is 3.82. The molecule has 0 fully saturated rings. The van der Waals surface area contributed by atoms with Crippen LogP contribution in [-0.4, -0.2) is 11.6 Å². The molecule has 6 heteroatoms. The second-order valence-corrected chi connectivity index (χ2v) is 7.06. The molecular weight excluding hydrogens is 326 g/mol. The number of hydrazine groups is 1. The first-order valence-corrected chi connectivity index (χ1v) is 8.57. The Balaban J connectivity index is 2.22. The predicted octanol–water partition coefficient (Wildman–Crippen LogP) is 2.87. The first-order chi connectivity index (χ1) is 12.3. The zero-order chi connectivity index (χ0) is 19.2. The van der Waals surface area contributed by atoms with Gasteiger partial charge < -0.3 is 11.5 Å². The van der Waals surface area contributed by atoms with E-state index >= 15 is 0 Å². The number of rotatable bonds is 6. The number of ketones is 1. The van der Waals surface area contributed by atoms with Crippen LogP contribution in [0.2, 0.25) is 0 Å². The summed E-state index contributed by atoms with van der Waals surface area (Å²) in [5.41, 5.74) is 20.2. The Kier molecular flexibility index (Phi) is 6.49. The molecule has 0 saturated heterocycles. The number of Topliss-reactive ketones (excluding diaryl/α,β-unsaturated/α-hetero) is 1. The van der Waals surface area contributed by atoms with Gasteiger partial charge in [0.2, 0.25) is 5.78 Å². The summed E-state index contributed by atoms with van der Waals surface area (Å²) in [6.07, 6.45) is 0. The van der Waals surface area contributed by atoms with Gasteiger partial charge in [0.15, 0.2) is 5.84 Å². The van der Waals surface area contributed by atoms with E-state index in [1.807, 2.05) is 69.3 Å². The maximum Gasteiger partial charge on any atom is 0.204 e. The van der Waals surface area contributed by atoms with Crippen LogP contribution in [0.15, 0.2) is 53.5 Å². The lowest BCUT2D eigenvalue weighted by Crippen LogP contribution is -2.41. The number of hydrogen-bond acceptors (Lipinski definition) is 5. The average Bonchev–Trinajstić information content (AvgIpc) is 2.64. The Hall–Kier alpha value is -2.70. The van der Waals surface area contributed by atoms with Gasteiger partial charge in [-0.05, 0) is 35.4 Å². The van der Waals surface area contributed by atoms with Gasteiger partial charge in [-0.1, -0.05) is 45.0 Å². The fourth-order valence-corrected chi connectivity index (χ4v) is 2.18. The molecule has 0 atom stereocenters. The van der Waals surface area contributed by atoms with E-state index in [0.717, 1.165) is 16.8 Å². The number of hydrogen-bond donors (Lipinski definition) is 4. The van der Waals surface area contributed by atoms with Crippen LogP contribution in [0.1, 0.15) is 31.9 Å². The summed E-state index contributed by atoms with van der Waals surface area (Å²) >= 11 is 0. The van der Waals surface area contributed by atoms with E-state index < -0.39 is 5.41 Å². The minimum atomic E-state index is -0.561. The molecule has 0 amide bonds. The molecule has 6 nitrogen and oxygen atoms in total. The first-order valence-electron chi connectivity index (χ1n) is 8.57. The molecule has 0 radical (unpaired) electrons. The molecule has 138 valence electrons. The Morgan fingerprint density at radius 3 is 1.88 bits per heavy atom. The lowest BCUT2D eigenvalue weighted by atomic mass is 9.90. The largest absolute Gasteiger partial charge is 0.326 e. The Morgan fingerprint density at radius 1 is 0.923 bits per heavy atom. The Labute approximate surface area is 154 Å². The van der Waals surface area contributed by atoms with Crippen molar-refractivity contribution in [1.82, 2.24) is 5.43 Å². The molecule has 0 bridgehead atoms. The van der Waals surface area contributed by atoms with Crippen LogP contribution in [0.25, 0.3) is 0 Å². The van der Waals surface area contributed by atoms with Gasteiger partial charge in [-0.3, -0.25) is 15.6 Å². The second kappa shape index (κ2) is 8.60. The maximum atomic E-state index is 12.7. The topological polar surface area (TPSA) is 106 Å². The minimum Gasteiger partial charge on any atom is -0.326 e. The highest BCUT2D eigenvalue weighted by Crippen LogP contribution is 2.19. The van der Waals surface area contributed by atoms with Gasteiger partial charge in [0.1, 0.15) is 0 Å². The second-order valence-electron chi connectivity index (χ2n) is 7.06. The molecule has 0 aliphatic heterocycles. The maximum absolute atomic E-state index is 12.7. The van der Waals surface area contributed by atoms with Gasteiger partial charge in [-0.15, -0.1) is 0 Å². The fourth-order valence-electron chi connectivity index (χ4n) is 2.18. The third-order valence-electron chi connectivity index (χ3n) is 3.82. The van der Waals surface area contributed by atoms with Crippen LogP contribution in [0.4, 0.5) is 11.4 Å². The normalized spacial score (nSPS) is 12.0. The van der Waals surface area contributed by atoms with Crippen molar-refractivity contribution in [3.63, 3.8) is 0 Å². The SMILES string of the molecule is CC(C)(C)C(=O)C(=Nc1ccc(CN)cc1)NNc1ccc(CN)cc1. The molecule has 2 aromatic rings. The zero-order valence-electron chi connectivity index (χ0n) is 15.5. The Morgan fingerprint density at radius 2 is 1.42 bits per heavy atom. The third kappa shape index (κ3) is 5.40. The number of amidine groups is 1. The van der Waals surface area contributed by atoms with Crippen LogP contribution in [0.3, 0.4) is 0 Å². The molecular formula is C20H27N5O. The number of nitrogens with two attached hydrogens (primary N) is 2. The molecule has 0 spiro atoms. The summed E-state index contributed by atoms with van der Waals surface area (Å²) < 4.78 is 0. The van der Waals surface area contributed by atoms with E-state index in [1.165, 1.54) is 0 Å². The summed E-state index contributed by atoms with van der Waals surface area (Å²) in [6.45, 7) is 6.54. The highest BCUT2D eigenvalue weighted by Gasteiger charge is 2.26. The first kappa shape index (κ1) is 19.6. The number of nitrogens with one attached hydrogen (secondary N) is 2. The predicted molar refractivity (Wildman–Crippen MR) is 107 cm³/mol. The number of nitrogens with zero attached hydrogens (tertiary/aromatic N) is 1. The zero-order valence-corrected chi connectivity index (χ0v) is 15.5.